The highest BCUT2D eigenvalue weighted by atomic mass is 19.4. The Morgan fingerprint density at radius 2 is 1.81 bits per heavy atom. The predicted molar refractivity (Wildman–Crippen MR) is 122 cm³/mol. The van der Waals surface area contributed by atoms with Gasteiger partial charge in [-0.05, 0) is 58.1 Å². The zero-order valence-corrected chi connectivity index (χ0v) is 20.3. The van der Waals surface area contributed by atoms with Gasteiger partial charge in [0.2, 0.25) is 0 Å². The lowest BCUT2D eigenvalue weighted by atomic mass is 9.93. The number of carbonyl (C=O) groups excluding carboxylic acids is 1. The molecule has 1 fully saturated rings. The van der Waals surface area contributed by atoms with E-state index in [1.54, 1.807) is 25.7 Å². The van der Waals surface area contributed by atoms with Crippen molar-refractivity contribution in [2.75, 3.05) is 25.0 Å². The summed E-state index contributed by atoms with van der Waals surface area (Å²) in [6.45, 7) is 6.03. The Morgan fingerprint density at radius 3 is 2.35 bits per heavy atom. The number of fused-ring (bicyclic) bond motifs is 1. The molecule has 0 bridgehead atoms. The SMILES string of the molecule is CC(C)(C)OC(=O)N1CCC(CCNc2c([N+](=O)[O-])c(C(F)(F)C(F)(F)F)nc3cc(F)ccc23)CC1. The standard InChI is InChI=1S/C23H26F6N4O4/c1-21(2,3)37-20(34)32-10-7-13(8-11-32)6-9-30-17-15-5-4-14(24)12-16(15)31-19(18(17)33(35)36)22(25,26)23(27,28)29/h4-5,12-13H,6-11H2,1-3H3,(H,30,31). The van der Waals surface area contributed by atoms with Crippen molar-refractivity contribution in [2.45, 2.75) is 57.7 Å². The number of hydrogen-bond acceptors (Lipinski definition) is 6. The van der Waals surface area contributed by atoms with E-state index in [2.05, 4.69) is 10.3 Å². The Balaban J connectivity index is 1.83. The minimum atomic E-state index is -6.16. The maximum atomic E-state index is 14.3. The van der Waals surface area contributed by atoms with Crippen LogP contribution in [0.25, 0.3) is 10.9 Å². The fourth-order valence-corrected chi connectivity index (χ4v) is 4.07. The molecular formula is C23H26F6N4O4. The minimum Gasteiger partial charge on any atom is -0.444 e. The number of carbonyl (C=O) groups is 1. The van der Waals surface area contributed by atoms with Crippen molar-refractivity contribution in [3.05, 3.63) is 39.8 Å². The lowest BCUT2D eigenvalue weighted by Crippen LogP contribution is -2.41. The zero-order valence-electron chi connectivity index (χ0n) is 20.3. The first-order valence-electron chi connectivity index (χ1n) is 11.5. The van der Waals surface area contributed by atoms with Crippen LogP contribution in [0.5, 0.6) is 0 Å². The van der Waals surface area contributed by atoms with Gasteiger partial charge in [0.1, 0.15) is 17.1 Å². The Kier molecular flexibility index (Phi) is 7.80. The van der Waals surface area contributed by atoms with E-state index in [4.69, 9.17) is 4.74 Å². The number of anilines is 1. The predicted octanol–water partition coefficient (Wildman–Crippen LogP) is 6.39. The molecule has 0 radical (unpaired) electrons. The lowest BCUT2D eigenvalue weighted by molar-refractivity contribution is -0.389. The van der Waals surface area contributed by atoms with Crippen molar-refractivity contribution in [1.82, 2.24) is 9.88 Å². The third-order valence-electron chi connectivity index (χ3n) is 5.88. The van der Waals surface area contributed by atoms with Crippen molar-refractivity contribution >= 4 is 28.4 Å². The molecule has 0 aliphatic carbocycles. The van der Waals surface area contributed by atoms with Gasteiger partial charge in [-0.3, -0.25) is 10.1 Å². The van der Waals surface area contributed by atoms with Gasteiger partial charge in [0.15, 0.2) is 5.69 Å². The van der Waals surface area contributed by atoms with E-state index in [1.165, 1.54) is 0 Å². The van der Waals surface area contributed by atoms with Gasteiger partial charge >= 0.3 is 23.9 Å². The Bertz CT molecular complexity index is 1170. The van der Waals surface area contributed by atoms with Crippen LogP contribution < -0.4 is 5.32 Å². The molecule has 0 unspecified atom stereocenters. The van der Waals surface area contributed by atoms with E-state index in [9.17, 15) is 41.3 Å². The first kappa shape index (κ1) is 28.3. The summed E-state index contributed by atoms with van der Waals surface area (Å²) in [6, 6.07) is 2.56. The van der Waals surface area contributed by atoms with Crippen molar-refractivity contribution in [2.24, 2.45) is 5.92 Å². The van der Waals surface area contributed by atoms with Crippen LogP contribution in [-0.2, 0) is 10.7 Å². The smallest absolute Gasteiger partial charge is 0.444 e. The van der Waals surface area contributed by atoms with Crippen molar-refractivity contribution in [1.29, 1.82) is 0 Å². The molecule has 37 heavy (non-hydrogen) atoms. The van der Waals surface area contributed by atoms with Gasteiger partial charge in [0.25, 0.3) is 0 Å². The highest BCUT2D eigenvalue weighted by molar-refractivity contribution is 5.97. The molecule has 1 aliphatic heterocycles. The largest absolute Gasteiger partial charge is 0.460 e. The molecule has 1 N–H and O–H groups in total. The van der Waals surface area contributed by atoms with E-state index >= 15 is 0 Å². The van der Waals surface area contributed by atoms with E-state index in [1.807, 2.05) is 0 Å². The van der Waals surface area contributed by atoms with Gasteiger partial charge in [-0.2, -0.15) is 22.0 Å². The maximum absolute atomic E-state index is 14.3. The van der Waals surface area contributed by atoms with Gasteiger partial charge in [0, 0.05) is 31.1 Å². The van der Waals surface area contributed by atoms with E-state index in [0.717, 1.165) is 12.1 Å². The van der Waals surface area contributed by atoms with Crippen molar-refractivity contribution < 1.29 is 40.8 Å². The first-order valence-corrected chi connectivity index (χ1v) is 11.5. The average Bonchev–Trinajstić information content (AvgIpc) is 2.76. The molecule has 3 rings (SSSR count). The molecule has 1 aromatic carbocycles. The molecule has 1 saturated heterocycles. The highest BCUT2D eigenvalue weighted by Crippen LogP contribution is 2.49. The number of piperidine rings is 1. The van der Waals surface area contributed by atoms with Crippen LogP contribution >= 0.6 is 0 Å². The van der Waals surface area contributed by atoms with Gasteiger partial charge < -0.3 is 15.0 Å². The average molecular weight is 536 g/mol. The number of halogens is 6. The number of pyridine rings is 1. The second kappa shape index (κ2) is 10.2. The molecule has 2 heterocycles. The third-order valence-corrected chi connectivity index (χ3v) is 5.88. The van der Waals surface area contributed by atoms with Crippen molar-refractivity contribution in [3.8, 4) is 0 Å². The normalized spacial score (nSPS) is 15.6. The fraction of sp³-hybridized carbons (Fsp3) is 0.565. The third kappa shape index (κ3) is 6.34. The second-order valence-electron chi connectivity index (χ2n) is 9.80. The van der Waals surface area contributed by atoms with Gasteiger partial charge in [-0.15, -0.1) is 0 Å². The number of alkyl halides is 5. The van der Waals surface area contributed by atoms with Crippen LogP contribution in [0.2, 0.25) is 0 Å². The van der Waals surface area contributed by atoms with Crippen molar-refractivity contribution in [3.63, 3.8) is 0 Å². The highest BCUT2D eigenvalue weighted by Gasteiger charge is 2.63. The van der Waals surface area contributed by atoms with Crippen LogP contribution in [0.1, 0.15) is 45.7 Å². The number of ether oxygens (including phenoxy) is 1. The van der Waals surface area contributed by atoms with Crippen LogP contribution in [0.4, 0.5) is 42.5 Å². The maximum Gasteiger partial charge on any atom is 0.460 e. The van der Waals surface area contributed by atoms with Gasteiger partial charge in [-0.1, -0.05) is 0 Å². The van der Waals surface area contributed by atoms with Gasteiger partial charge in [-0.25, -0.2) is 14.2 Å². The molecule has 8 nitrogen and oxygen atoms in total. The first-order chi connectivity index (χ1) is 17.0. The number of hydrogen-bond donors (Lipinski definition) is 1. The summed E-state index contributed by atoms with van der Waals surface area (Å²) < 4.78 is 86.9. The molecule has 1 aromatic heterocycles. The van der Waals surface area contributed by atoms with Crippen LogP contribution in [0.15, 0.2) is 18.2 Å². The van der Waals surface area contributed by atoms with Gasteiger partial charge in [0.05, 0.1) is 10.4 Å². The number of amides is 1. The number of nitro groups is 1. The number of nitrogens with zero attached hydrogens (tertiary/aromatic N) is 3. The summed E-state index contributed by atoms with van der Waals surface area (Å²) in [5, 5.41) is 14.1. The van der Waals surface area contributed by atoms with Crippen LogP contribution in [0.3, 0.4) is 0 Å². The minimum absolute atomic E-state index is 0.00847. The number of aromatic nitrogens is 1. The summed E-state index contributed by atoms with van der Waals surface area (Å²) in [5.74, 6) is -6.56. The molecule has 204 valence electrons. The quantitative estimate of drug-likeness (QED) is 0.261. The summed E-state index contributed by atoms with van der Waals surface area (Å²) in [6.07, 6.45) is -5.08. The molecule has 2 aromatic rings. The number of benzene rings is 1. The fourth-order valence-electron chi connectivity index (χ4n) is 4.07. The monoisotopic (exact) mass is 536 g/mol. The van der Waals surface area contributed by atoms with Crippen LogP contribution in [-0.4, -0.2) is 52.3 Å². The number of nitrogens with one attached hydrogen (secondary N) is 1. The molecule has 14 heteroatoms. The molecule has 0 spiro atoms. The molecular weight excluding hydrogens is 510 g/mol. The Morgan fingerprint density at radius 1 is 1.19 bits per heavy atom. The molecule has 0 saturated carbocycles. The Hall–Kier alpha value is -3.32. The van der Waals surface area contributed by atoms with E-state index in [-0.39, 0.29) is 17.8 Å². The molecule has 1 amide bonds. The van der Waals surface area contributed by atoms with E-state index < -0.39 is 57.1 Å². The lowest BCUT2D eigenvalue weighted by Gasteiger charge is -2.33. The Labute approximate surface area is 208 Å². The summed E-state index contributed by atoms with van der Waals surface area (Å²) >= 11 is 0. The number of likely N-dealkylation sites (tertiary alicyclic amines) is 1. The second-order valence-corrected chi connectivity index (χ2v) is 9.80. The summed E-state index contributed by atoms with van der Waals surface area (Å²) in [7, 11) is 0. The summed E-state index contributed by atoms with van der Waals surface area (Å²) in [5.41, 5.74) is -5.47. The molecule has 1 aliphatic rings. The van der Waals surface area contributed by atoms with Crippen LogP contribution in [0, 0.1) is 21.8 Å². The van der Waals surface area contributed by atoms with E-state index in [0.29, 0.717) is 38.4 Å². The topological polar surface area (TPSA) is 97.6 Å². The number of rotatable bonds is 6. The zero-order chi connectivity index (χ0) is 27.8. The summed E-state index contributed by atoms with van der Waals surface area (Å²) in [4.78, 5) is 27.3. The molecule has 0 atom stereocenters.